The first-order valence-electron chi connectivity index (χ1n) is 4.30. The average Bonchev–Trinajstić information content (AvgIpc) is 2.28. The molecule has 4 heteroatoms. The minimum atomic E-state index is -0.999. The second-order valence-electron chi connectivity index (χ2n) is 2.83. The van der Waals surface area contributed by atoms with Gasteiger partial charge in [0.05, 0.1) is 6.42 Å². The Balaban J connectivity index is 2.74. The first-order valence-corrected chi connectivity index (χ1v) is 4.30. The van der Waals surface area contributed by atoms with Crippen molar-refractivity contribution < 1.29 is 14.2 Å². The van der Waals surface area contributed by atoms with Gasteiger partial charge in [-0.3, -0.25) is 4.98 Å². The highest BCUT2D eigenvalue weighted by atomic mass is 16.9. The van der Waals surface area contributed by atoms with Crippen LogP contribution < -0.4 is 0 Å². The Labute approximate surface area is 83.8 Å². The molecule has 1 aromatic rings. The molecule has 1 rings (SSSR count). The van der Waals surface area contributed by atoms with E-state index < -0.39 is 5.97 Å². The fraction of sp³-hybridized carbons (Fsp3) is 0.500. The van der Waals surface area contributed by atoms with Gasteiger partial charge in [-0.15, -0.1) is 0 Å². The van der Waals surface area contributed by atoms with Gasteiger partial charge in [-0.1, -0.05) is 0 Å². The molecule has 0 aliphatic heterocycles. The van der Waals surface area contributed by atoms with Crippen molar-refractivity contribution in [2.24, 2.45) is 0 Å². The van der Waals surface area contributed by atoms with E-state index in [0.29, 0.717) is 6.42 Å². The summed E-state index contributed by atoms with van der Waals surface area (Å²) < 4.78 is 15.5. The van der Waals surface area contributed by atoms with Gasteiger partial charge in [0, 0.05) is 33.7 Å². The predicted octanol–water partition coefficient (Wildman–Crippen LogP) is 1.22. The Morgan fingerprint density at radius 3 is 2.00 bits per heavy atom. The fourth-order valence-corrected chi connectivity index (χ4v) is 1.22. The average molecular weight is 197 g/mol. The van der Waals surface area contributed by atoms with Crippen molar-refractivity contribution in [1.29, 1.82) is 0 Å². The minimum Gasteiger partial charge on any atom is -0.331 e. The highest BCUT2D eigenvalue weighted by molar-refractivity contribution is 5.11. The quantitative estimate of drug-likeness (QED) is 0.665. The van der Waals surface area contributed by atoms with Crippen LogP contribution in [0.4, 0.5) is 0 Å². The first kappa shape index (κ1) is 11.1. The Kier molecular flexibility index (Phi) is 4.00. The molecule has 0 saturated heterocycles. The van der Waals surface area contributed by atoms with E-state index in [1.165, 1.54) is 0 Å². The Hall–Kier alpha value is -0.970. The van der Waals surface area contributed by atoms with Crippen molar-refractivity contribution in [3.63, 3.8) is 0 Å². The topological polar surface area (TPSA) is 40.6 Å². The Morgan fingerprint density at radius 1 is 1.07 bits per heavy atom. The van der Waals surface area contributed by atoms with Crippen LogP contribution in [0.25, 0.3) is 0 Å². The zero-order valence-electron chi connectivity index (χ0n) is 8.69. The van der Waals surface area contributed by atoms with E-state index in [1.807, 2.05) is 12.1 Å². The van der Waals surface area contributed by atoms with E-state index in [9.17, 15) is 0 Å². The largest absolute Gasteiger partial charge is 0.331 e. The second-order valence-corrected chi connectivity index (χ2v) is 2.83. The van der Waals surface area contributed by atoms with Gasteiger partial charge in [-0.05, 0) is 17.7 Å². The molecule has 1 heterocycles. The summed E-state index contributed by atoms with van der Waals surface area (Å²) >= 11 is 0. The van der Waals surface area contributed by atoms with E-state index >= 15 is 0 Å². The summed E-state index contributed by atoms with van der Waals surface area (Å²) in [5, 5.41) is 0. The van der Waals surface area contributed by atoms with Crippen molar-refractivity contribution in [3.05, 3.63) is 30.1 Å². The summed E-state index contributed by atoms with van der Waals surface area (Å²) in [6, 6.07) is 3.79. The van der Waals surface area contributed by atoms with Crippen molar-refractivity contribution in [2.75, 3.05) is 21.3 Å². The van der Waals surface area contributed by atoms with Gasteiger partial charge < -0.3 is 14.2 Å². The molecule has 78 valence electrons. The van der Waals surface area contributed by atoms with Crippen molar-refractivity contribution >= 4 is 0 Å². The molecular formula is C10H15NO3. The van der Waals surface area contributed by atoms with Gasteiger partial charge in [-0.25, -0.2) is 0 Å². The van der Waals surface area contributed by atoms with Gasteiger partial charge in [0.25, 0.3) is 5.97 Å². The number of ether oxygens (including phenoxy) is 3. The molecular weight excluding hydrogens is 182 g/mol. The number of hydrogen-bond donors (Lipinski definition) is 0. The van der Waals surface area contributed by atoms with Crippen LogP contribution in [0.2, 0.25) is 0 Å². The summed E-state index contributed by atoms with van der Waals surface area (Å²) in [6.07, 6.45) is 3.97. The van der Waals surface area contributed by atoms with Crippen molar-refractivity contribution in [1.82, 2.24) is 4.98 Å². The standard InChI is InChI=1S/C10H15NO3/c1-12-10(13-2,14-3)8-9-4-6-11-7-5-9/h4-7H,8H2,1-3H3. The maximum absolute atomic E-state index is 5.18. The zero-order valence-corrected chi connectivity index (χ0v) is 8.69. The highest BCUT2D eigenvalue weighted by Crippen LogP contribution is 2.18. The number of methoxy groups -OCH3 is 3. The maximum Gasteiger partial charge on any atom is 0.286 e. The monoisotopic (exact) mass is 197 g/mol. The normalized spacial score (nSPS) is 11.6. The molecule has 1 aromatic heterocycles. The molecule has 0 aromatic carbocycles. The van der Waals surface area contributed by atoms with E-state index in [0.717, 1.165) is 5.56 Å². The molecule has 0 atom stereocenters. The molecule has 0 fully saturated rings. The molecule has 0 bridgehead atoms. The highest BCUT2D eigenvalue weighted by Gasteiger charge is 2.29. The number of nitrogens with zero attached hydrogens (tertiary/aromatic N) is 1. The van der Waals surface area contributed by atoms with Gasteiger partial charge in [-0.2, -0.15) is 0 Å². The van der Waals surface area contributed by atoms with Crippen LogP contribution in [0.15, 0.2) is 24.5 Å². The summed E-state index contributed by atoms with van der Waals surface area (Å²) in [5.41, 5.74) is 1.05. The van der Waals surface area contributed by atoms with Crippen LogP contribution in [0.5, 0.6) is 0 Å². The number of hydrogen-bond acceptors (Lipinski definition) is 4. The fourth-order valence-electron chi connectivity index (χ4n) is 1.22. The lowest BCUT2D eigenvalue weighted by Crippen LogP contribution is -2.38. The lowest BCUT2D eigenvalue weighted by Gasteiger charge is -2.28. The molecule has 4 nitrogen and oxygen atoms in total. The smallest absolute Gasteiger partial charge is 0.286 e. The van der Waals surface area contributed by atoms with E-state index in [-0.39, 0.29) is 0 Å². The Bertz CT molecular complexity index is 251. The number of pyridine rings is 1. The zero-order chi connectivity index (χ0) is 10.4. The maximum atomic E-state index is 5.18. The summed E-state index contributed by atoms with van der Waals surface area (Å²) in [7, 11) is 4.65. The van der Waals surface area contributed by atoms with Gasteiger partial charge >= 0.3 is 0 Å². The molecule has 14 heavy (non-hydrogen) atoms. The lowest BCUT2D eigenvalue weighted by atomic mass is 10.2. The van der Waals surface area contributed by atoms with Crippen LogP contribution >= 0.6 is 0 Å². The van der Waals surface area contributed by atoms with E-state index in [1.54, 1.807) is 33.7 Å². The predicted molar refractivity (Wildman–Crippen MR) is 51.7 cm³/mol. The number of rotatable bonds is 5. The van der Waals surface area contributed by atoms with E-state index in [4.69, 9.17) is 14.2 Å². The van der Waals surface area contributed by atoms with Crippen molar-refractivity contribution in [3.8, 4) is 0 Å². The van der Waals surface area contributed by atoms with Crippen LogP contribution in [0.3, 0.4) is 0 Å². The van der Waals surface area contributed by atoms with Crippen LogP contribution in [0.1, 0.15) is 5.56 Å². The first-order chi connectivity index (χ1) is 6.76. The summed E-state index contributed by atoms with van der Waals surface area (Å²) in [6.45, 7) is 0. The number of aromatic nitrogens is 1. The molecule has 0 N–H and O–H groups in total. The lowest BCUT2D eigenvalue weighted by molar-refractivity contribution is -0.350. The van der Waals surface area contributed by atoms with Crippen LogP contribution in [0, 0.1) is 0 Å². The van der Waals surface area contributed by atoms with Gasteiger partial charge in [0.1, 0.15) is 0 Å². The summed E-state index contributed by atoms with van der Waals surface area (Å²) in [5.74, 6) is -0.999. The van der Waals surface area contributed by atoms with E-state index in [2.05, 4.69) is 4.98 Å². The van der Waals surface area contributed by atoms with Crippen molar-refractivity contribution in [2.45, 2.75) is 12.4 Å². The Morgan fingerprint density at radius 2 is 1.57 bits per heavy atom. The molecule has 0 unspecified atom stereocenters. The molecule has 0 spiro atoms. The SMILES string of the molecule is COC(Cc1ccncc1)(OC)OC. The van der Waals surface area contributed by atoms with Crippen LogP contribution in [-0.2, 0) is 20.6 Å². The third-order valence-corrected chi connectivity index (χ3v) is 2.10. The molecule has 0 amide bonds. The molecule has 0 radical (unpaired) electrons. The second kappa shape index (κ2) is 5.05. The summed E-state index contributed by atoms with van der Waals surface area (Å²) in [4.78, 5) is 3.93. The minimum absolute atomic E-state index is 0.527. The third kappa shape index (κ3) is 2.51. The van der Waals surface area contributed by atoms with Crippen LogP contribution in [-0.4, -0.2) is 32.3 Å². The van der Waals surface area contributed by atoms with Gasteiger partial charge in [0.2, 0.25) is 0 Å². The third-order valence-electron chi connectivity index (χ3n) is 2.10. The molecule has 0 aliphatic carbocycles. The molecule has 0 aliphatic rings. The van der Waals surface area contributed by atoms with Gasteiger partial charge in [0.15, 0.2) is 0 Å². The molecule has 0 saturated carbocycles.